The van der Waals surface area contributed by atoms with Gasteiger partial charge in [-0.25, -0.2) is 5.41 Å². The molecule has 0 aromatic carbocycles. The van der Waals surface area contributed by atoms with E-state index in [2.05, 4.69) is 26.1 Å². The Bertz CT molecular complexity index is 109. The van der Waals surface area contributed by atoms with Gasteiger partial charge < -0.3 is 0 Å². The summed E-state index contributed by atoms with van der Waals surface area (Å²) in [6, 6.07) is 0. The topological polar surface area (TPSA) is 23.9 Å². The van der Waals surface area contributed by atoms with E-state index < -0.39 is 0 Å². The Labute approximate surface area is 94.8 Å². The van der Waals surface area contributed by atoms with Gasteiger partial charge in [0.25, 0.3) is 0 Å². The minimum atomic E-state index is 1.37. The molecule has 0 aromatic heterocycles. The first-order chi connectivity index (χ1) is 6.83. The molecule has 0 aromatic rings. The van der Waals surface area contributed by atoms with E-state index in [1.54, 1.807) is 5.16 Å². The molecule has 0 fully saturated rings. The molecule has 0 bridgehead atoms. The molecule has 0 unspecified atom stereocenters. The fourth-order valence-corrected chi connectivity index (χ4v) is 1.38. The zero-order chi connectivity index (χ0) is 11.1. The Morgan fingerprint density at radius 3 is 1.21 bits per heavy atom. The summed E-state index contributed by atoms with van der Waals surface area (Å²) in [7, 11) is 0. The fourth-order valence-electron chi connectivity index (χ4n) is 1.38. The van der Waals surface area contributed by atoms with E-state index in [4.69, 9.17) is 5.41 Å². The number of hydrogen-bond acceptors (Lipinski definition) is 2. The summed E-state index contributed by atoms with van der Waals surface area (Å²) in [5.41, 5.74) is 0. The van der Waals surface area contributed by atoms with Gasteiger partial charge >= 0.3 is 0 Å². The zero-order valence-corrected chi connectivity index (χ0v) is 10.6. The molecule has 2 heteroatoms. The molecule has 0 spiro atoms. The van der Waals surface area contributed by atoms with Crippen LogP contribution in [0.3, 0.4) is 0 Å². The molecule has 0 aliphatic rings. The van der Waals surface area contributed by atoms with Crippen LogP contribution in [0.15, 0.2) is 0 Å². The molecule has 1 N–H and O–H groups in total. The van der Waals surface area contributed by atoms with E-state index in [0.29, 0.717) is 0 Å². The molecule has 0 aliphatic carbocycles. The number of isothiocyanates is 1. The lowest BCUT2D eigenvalue weighted by molar-refractivity contribution is 0.572. The monoisotopic (exact) mass is 215 g/mol. The molecule has 1 nitrogen and oxygen atoms in total. The first-order valence-corrected chi connectivity index (χ1v) is 6.28. The van der Waals surface area contributed by atoms with Crippen LogP contribution in [0.2, 0.25) is 0 Å². The first-order valence-electron chi connectivity index (χ1n) is 5.87. The van der Waals surface area contributed by atoms with Gasteiger partial charge in [-0.2, -0.15) is 0 Å². The molecule has 0 amide bonds. The van der Waals surface area contributed by atoms with E-state index in [0.717, 1.165) is 0 Å². The largest absolute Gasteiger partial charge is 0.248 e. The summed E-state index contributed by atoms with van der Waals surface area (Å²) in [6.45, 7) is 4.55. The number of unbranched alkanes of at least 4 members (excludes halogenated alkanes) is 8. The van der Waals surface area contributed by atoms with Gasteiger partial charge in [-0.15, -0.1) is 0 Å². The maximum absolute atomic E-state index is 5.77. The molecule has 0 radical (unpaired) electrons. The van der Waals surface area contributed by atoms with Crippen molar-refractivity contribution >= 4 is 17.4 Å². The predicted molar refractivity (Wildman–Crippen MR) is 68.2 cm³/mol. The second-order valence-electron chi connectivity index (χ2n) is 3.58. The van der Waals surface area contributed by atoms with Gasteiger partial charge in [0.2, 0.25) is 0 Å². The van der Waals surface area contributed by atoms with E-state index in [1.165, 1.54) is 57.8 Å². The van der Waals surface area contributed by atoms with Gasteiger partial charge in [0.1, 0.15) is 0 Å². The van der Waals surface area contributed by atoms with E-state index in [9.17, 15) is 0 Å². The highest BCUT2D eigenvalue weighted by Crippen LogP contribution is 2.08. The Balaban J connectivity index is 0. The molecule has 14 heavy (non-hydrogen) atoms. The first kappa shape index (κ1) is 16.2. The van der Waals surface area contributed by atoms with Crippen molar-refractivity contribution in [3.8, 4) is 0 Å². The Kier molecular flexibility index (Phi) is 21.5. The van der Waals surface area contributed by atoms with Crippen LogP contribution < -0.4 is 0 Å². The van der Waals surface area contributed by atoms with Gasteiger partial charge in [0, 0.05) is 0 Å². The second kappa shape index (κ2) is 18.6. The van der Waals surface area contributed by atoms with Crippen LogP contribution in [0.1, 0.15) is 71.6 Å². The summed E-state index contributed by atoms with van der Waals surface area (Å²) in [5, 5.41) is 7.36. The number of hydrogen-bond donors (Lipinski definition) is 1. The molecular weight excluding hydrogens is 190 g/mol. The van der Waals surface area contributed by atoms with Crippen LogP contribution in [-0.4, -0.2) is 5.16 Å². The maximum Gasteiger partial charge on any atom is 0.0554 e. The molecule has 0 aliphatic heterocycles. The van der Waals surface area contributed by atoms with Crippen LogP contribution >= 0.6 is 12.2 Å². The number of thiocarbonyl (C=S) groups is 1. The zero-order valence-electron chi connectivity index (χ0n) is 9.77. The smallest absolute Gasteiger partial charge is 0.0554 e. The SMILES string of the molecule is CCCCCCCCCCC.N=C=S. The van der Waals surface area contributed by atoms with Crippen LogP contribution in [0.25, 0.3) is 0 Å². The van der Waals surface area contributed by atoms with Crippen molar-refractivity contribution in [1.29, 1.82) is 5.41 Å². The summed E-state index contributed by atoms with van der Waals surface area (Å²) in [5.74, 6) is 0. The Morgan fingerprint density at radius 1 is 0.786 bits per heavy atom. The van der Waals surface area contributed by atoms with E-state index in [1.807, 2.05) is 0 Å². The predicted octanol–water partition coefficient (Wildman–Crippen LogP) is 5.21. The van der Waals surface area contributed by atoms with Crippen molar-refractivity contribution in [2.75, 3.05) is 0 Å². The lowest BCUT2D eigenvalue weighted by atomic mass is 10.1. The molecule has 0 rings (SSSR count). The average molecular weight is 215 g/mol. The third-order valence-corrected chi connectivity index (χ3v) is 2.21. The maximum atomic E-state index is 5.77. The Morgan fingerprint density at radius 2 is 1.00 bits per heavy atom. The highest BCUT2D eigenvalue weighted by Gasteiger charge is 1.88. The van der Waals surface area contributed by atoms with Crippen LogP contribution in [0.5, 0.6) is 0 Å². The van der Waals surface area contributed by atoms with E-state index in [-0.39, 0.29) is 0 Å². The van der Waals surface area contributed by atoms with Crippen molar-refractivity contribution in [1.82, 2.24) is 0 Å². The lowest BCUT2D eigenvalue weighted by Crippen LogP contribution is -1.79. The molecule has 0 atom stereocenters. The molecule has 0 saturated heterocycles. The summed E-state index contributed by atoms with van der Waals surface area (Å²) in [4.78, 5) is 0. The highest BCUT2D eigenvalue weighted by atomic mass is 32.1. The van der Waals surface area contributed by atoms with Crippen molar-refractivity contribution < 1.29 is 0 Å². The van der Waals surface area contributed by atoms with Gasteiger partial charge in [0.05, 0.1) is 5.16 Å². The second-order valence-corrected chi connectivity index (χ2v) is 3.78. The normalized spacial score (nSPS) is 8.71. The molecule has 0 saturated carbocycles. The third kappa shape index (κ3) is 22.6. The summed E-state index contributed by atoms with van der Waals surface area (Å²) in [6.07, 6.45) is 13.0. The molecule has 0 heterocycles. The van der Waals surface area contributed by atoms with Crippen molar-refractivity contribution in [3.05, 3.63) is 0 Å². The standard InChI is InChI=1S/C11H24.CHNS/c1-3-5-7-9-11-10-8-6-4-2;2-1-3/h3-11H2,1-2H3;2H. The average Bonchev–Trinajstić information content (AvgIpc) is 2.18. The quantitative estimate of drug-likeness (QED) is 0.335. The molecule has 84 valence electrons. The third-order valence-electron chi connectivity index (χ3n) is 2.21. The lowest BCUT2D eigenvalue weighted by Gasteiger charge is -1.98. The molecular formula is C12H25NS. The van der Waals surface area contributed by atoms with Gasteiger partial charge in [0.15, 0.2) is 0 Å². The number of rotatable bonds is 8. The van der Waals surface area contributed by atoms with Crippen molar-refractivity contribution in [2.45, 2.75) is 71.6 Å². The van der Waals surface area contributed by atoms with Crippen LogP contribution in [-0.2, 0) is 0 Å². The van der Waals surface area contributed by atoms with Gasteiger partial charge in [-0.1, -0.05) is 71.6 Å². The van der Waals surface area contributed by atoms with Gasteiger partial charge in [-0.05, 0) is 12.2 Å². The minimum absolute atomic E-state index is 1.37. The van der Waals surface area contributed by atoms with E-state index >= 15 is 0 Å². The summed E-state index contributed by atoms with van der Waals surface area (Å²) < 4.78 is 0. The fraction of sp³-hybridized carbons (Fsp3) is 0.917. The summed E-state index contributed by atoms with van der Waals surface area (Å²) >= 11 is 3.81. The van der Waals surface area contributed by atoms with Crippen molar-refractivity contribution in [3.63, 3.8) is 0 Å². The number of nitrogens with one attached hydrogen (secondary N) is 1. The van der Waals surface area contributed by atoms with Crippen LogP contribution in [0.4, 0.5) is 0 Å². The minimum Gasteiger partial charge on any atom is -0.248 e. The Hall–Kier alpha value is -0.200. The van der Waals surface area contributed by atoms with Crippen LogP contribution in [0, 0.1) is 5.41 Å². The highest BCUT2D eigenvalue weighted by molar-refractivity contribution is 7.78. The van der Waals surface area contributed by atoms with Crippen molar-refractivity contribution in [2.24, 2.45) is 0 Å². The van der Waals surface area contributed by atoms with Gasteiger partial charge in [-0.3, -0.25) is 0 Å².